The number of hydrogen-bond acceptors (Lipinski definition) is 8. The molecule has 1 aliphatic carbocycles. The molecular formula is C37H58Cl2N10O7. The molecule has 56 heavy (non-hydrogen) atoms. The van der Waals surface area contributed by atoms with E-state index >= 15 is 0 Å². The molecule has 7 amide bonds. The molecule has 5 atom stereocenters. The molecule has 0 aliphatic heterocycles. The number of primary amides is 2. The van der Waals surface area contributed by atoms with Gasteiger partial charge < -0.3 is 49.5 Å². The summed E-state index contributed by atoms with van der Waals surface area (Å²) in [5, 5.41) is 13.9. The molecule has 17 nitrogen and oxygen atoms in total. The summed E-state index contributed by atoms with van der Waals surface area (Å²) in [4.78, 5) is 95.1. The smallest absolute Gasteiger partial charge is 0.243 e. The van der Waals surface area contributed by atoms with Crippen molar-refractivity contribution < 1.29 is 33.6 Å². The summed E-state index contributed by atoms with van der Waals surface area (Å²) >= 11 is 12.2. The Bertz CT molecular complexity index is 1570. The minimum Gasteiger partial charge on any atom is -0.370 e. The molecule has 19 heteroatoms. The van der Waals surface area contributed by atoms with Crippen LogP contribution in [0.15, 0.2) is 23.2 Å². The summed E-state index contributed by atoms with van der Waals surface area (Å²) < 4.78 is 0. The van der Waals surface area contributed by atoms with Gasteiger partial charge in [-0.2, -0.15) is 0 Å². The van der Waals surface area contributed by atoms with E-state index in [4.69, 9.17) is 46.1 Å². The van der Waals surface area contributed by atoms with Gasteiger partial charge in [-0.05, 0) is 61.6 Å². The zero-order valence-corrected chi connectivity index (χ0v) is 33.8. The van der Waals surface area contributed by atoms with Gasteiger partial charge in [-0.1, -0.05) is 75.2 Å². The first kappa shape index (κ1) is 47.5. The normalized spacial score (nSPS) is 15.6. The third-order valence-corrected chi connectivity index (χ3v) is 10.0. The Labute approximate surface area is 337 Å². The number of aliphatic imine (C=N–C) groups is 1. The van der Waals surface area contributed by atoms with Crippen molar-refractivity contribution in [1.82, 2.24) is 26.6 Å². The van der Waals surface area contributed by atoms with E-state index in [2.05, 4.69) is 31.6 Å². The van der Waals surface area contributed by atoms with E-state index in [0.29, 0.717) is 10.6 Å². The summed E-state index contributed by atoms with van der Waals surface area (Å²) in [5.74, 6) is -4.89. The Morgan fingerprint density at radius 1 is 0.732 bits per heavy atom. The van der Waals surface area contributed by atoms with E-state index in [9.17, 15) is 33.6 Å². The largest absolute Gasteiger partial charge is 0.370 e. The fraction of sp³-hybridized carbons (Fsp3) is 0.622. The van der Waals surface area contributed by atoms with Crippen molar-refractivity contribution in [2.45, 2.75) is 128 Å². The molecule has 1 aromatic rings. The highest BCUT2D eigenvalue weighted by atomic mass is 35.5. The van der Waals surface area contributed by atoms with E-state index in [1.54, 1.807) is 18.2 Å². The average Bonchev–Trinajstić information content (AvgIpc) is 3.11. The Kier molecular flexibility index (Phi) is 20.4. The highest BCUT2D eigenvalue weighted by Crippen LogP contribution is 2.28. The van der Waals surface area contributed by atoms with Crippen LogP contribution in [0.2, 0.25) is 10.0 Å². The number of amides is 7. The quantitative estimate of drug-likeness (QED) is 0.0428. The van der Waals surface area contributed by atoms with E-state index in [1.165, 1.54) is 6.92 Å². The number of nitrogens with zero attached hydrogens (tertiary/aromatic N) is 1. The van der Waals surface area contributed by atoms with Gasteiger partial charge >= 0.3 is 0 Å². The van der Waals surface area contributed by atoms with Crippen molar-refractivity contribution in [3.05, 3.63) is 33.8 Å². The first-order chi connectivity index (χ1) is 26.4. The van der Waals surface area contributed by atoms with Crippen LogP contribution in [-0.4, -0.2) is 84.1 Å². The van der Waals surface area contributed by atoms with Crippen LogP contribution < -0.4 is 49.5 Å². The summed E-state index contributed by atoms with van der Waals surface area (Å²) in [6.45, 7) is 5.04. The summed E-state index contributed by atoms with van der Waals surface area (Å²) in [7, 11) is 0. The van der Waals surface area contributed by atoms with Gasteiger partial charge in [0.1, 0.15) is 30.2 Å². The van der Waals surface area contributed by atoms with Gasteiger partial charge in [0.2, 0.25) is 41.4 Å². The highest BCUT2D eigenvalue weighted by Gasteiger charge is 2.34. The summed E-state index contributed by atoms with van der Waals surface area (Å²) in [6, 6.07) is -1.02. The van der Waals surface area contributed by atoms with Crippen LogP contribution in [0.1, 0.15) is 97.0 Å². The van der Waals surface area contributed by atoms with E-state index in [-0.39, 0.29) is 74.3 Å². The lowest BCUT2D eigenvalue weighted by Crippen LogP contribution is -2.59. The molecule has 2 rings (SSSR count). The van der Waals surface area contributed by atoms with Crippen molar-refractivity contribution in [2.75, 3.05) is 6.54 Å². The van der Waals surface area contributed by atoms with Crippen LogP contribution in [0.5, 0.6) is 0 Å². The lowest BCUT2D eigenvalue weighted by Gasteiger charge is -2.30. The third kappa shape index (κ3) is 17.9. The SMILES string of the molecule is CC(=O)N[C@@H](CCC(N)=O)C(=O)N[C@@H](CC1CCCCC1)C(=O)N[C@@H](CCCN=C(N)N)C(=O)N[C@@H](CC(C)C)C(=O)N[C@@H](Cc1ccc(Cl)c(Cl)c1)C(N)=O. The van der Waals surface area contributed by atoms with E-state index in [1.807, 2.05) is 13.8 Å². The van der Waals surface area contributed by atoms with Gasteiger partial charge in [0, 0.05) is 26.3 Å². The first-order valence-corrected chi connectivity index (χ1v) is 19.7. The van der Waals surface area contributed by atoms with Crippen LogP contribution in [0, 0.1) is 11.8 Å². The van der Waals surface area contributed by atoms with Gasteiger partial charge in [0.05, 0.1) is 10.0 Å². The number of guanidine groups is 1. The minimum absolute atomic E-state index is 0.00318. The van der Waals surface area contributed by atoms with Crippen molar-refractivity contribution >= 4 is 70.5 Å². The van der Waals surface area contributed by atoms with E-state index in [0.717, 1.165) is 32.1 Å². The second-order valence-corrected chi connectivity index (χ2v) is 15.5. The van der Waals surface area contributed by atoms with Crippen LogP contribution in [0.3, 0.4) is 0 Å². The van der Waals surface area contributed by atoms with E-state index < -0.39 is 71.6 Å². The van der Waals surface area contributed by atoms with Crippen molar-refractivity contribution in [3.8, 4) is 0 Å². The standard InChI is InChI=1S/C37H58Cl2N10O7/c1-20(2)16-29(35(55)47-28(32(41)52)19-23-11-12-24(38)25(39)17-23)48-33(53)26(10-7-15-44-37(42)43)46-36(56)30(18-22-8-5-4-6-9-22)49-34(54)27(45-21(3)50)13-14-31(40)51/h11-12,17,20,22,26-30H,4-10,13-16,18-19H2,1-3H3,(H2,40,51)(H2,41,52)(H,45,50)(H,46,56)(H,47,55)(H,48,53)(H,49,54)(H4,42,43,44)/t26-,27-,28-,29-,30-/m0/s1. The van der Waals surface area contributed by atoms with Gasteiger partial charge in [0.25, 0.3) is 0 Å². The fourth-order valence-corrected chi connectivity index (χ4v) is 6.80. The molecule has 0 bridgehead atoms. The van der Waals surface area contributed by atoms with Gasteiger partial charge in [-0.15, -0.1) is 0 Å². The molecule has 0 heterocycles. The topological polar surface area (TPSA) is 296 Å². The number of benzene rings is 1. The molecule has 312 valence electrons. The Morgan fingerprint density at radius 3 is 1.84 bits per heavy atom. The number of nitrogens with two attached hydrogens (primary N) is 4. The summed E-state index contributed by atoms with van der Waals surface area (Å²) in [5.41, 5.74) is 22.5. The number of nitrogens with one attached hydrogen (secondary N) is 5. The Hall–Kier alpha value is -4.64. The molecule has 0 spiro atoms. The van der Waals surface area contributed by atoms with Crippen molar-refractivity contribution in [3.63, 3.8) is 0 Å². The second-order valence-electron chi connectivity index (χ2n) is 14.7. The molecule has 0 saturated heterocycles. The lowest BCUT2D eigenvalue weighted by atomic mass is 9.84. The minimum atomic E-state index is -1.21. The van der Waals surface area contributed by atoms with Crippen LogP contribution in [0.25, 0.3) is 0 Å². The molecule has 1 aromatic carbocycles. The second kappa shape index (κ2) is 24.1. The zero-order chi connectivity index (χ0) is 41.9. The Morgan fingerprint density at radius 2 is 1.29 bits per heavy atom. The molecule has 0 radical (unpaired) electrons. The maximum Gasteiger partial charge on any atom is 0.243 e. The Balaban J connectivity index is 2.37. The molecular weight excluding hydrogens is 767 g/mol. The predicted octanol–water partition coefficient (Wildman–Crippen LogP) is 0.801. The zero-order valence-electron chi connectivity index (χ0n) is 32.3. The van der Waals surface area contributed by atoms with Crippen LogP contribution in [-0.2, 0) is 40.0 Å². The molecule has 0 unspecified atom stereocenters. The molecule has 1 saturated carbocycles. The van der Waals surface area contributed by atoms with Crippen molar-refractivity contribution in [1.29, 1.82) is 0 Å². The van der Waals surface area contributed by atoms with Crippen molar-refractivity contribution in [2.24, 2.45) is 39.8 Å². The monoisotopic (exact) mass is 824 g/mol. The maximum absolute atomic E-state index is 14.1. The predicted molar refractivity (Wildman–Crippen MR) is 214 cm³/mol. The molecule has 13 N–H and O–H groups in total. The number of hydrogen-bond donors (Lipinski definition) is 9. The lowest BCUT2D eigenvalue weighted by molar-refractivity contribution is -0.135. The summed E-state index contributed by atoms with van der Waals surface area (Å²) in [6.07, 6.45) is 5.09. The maximum atomic E-state index is 14.1. The van der Waals surface area contributed by atoms with Gasteiger partial charge in [-0.3, -0.25) is 38.6 Å². The molecule has 1 aliphatic rings. The van der Waals surface area contributed by atoms with Crippen LogP contribution in [0.4, 0.5) is 0 Å². The number of carbonyl (C=O) groups excluding carboxylic acids is 7. The number of rotatable bonds is 23. The third-order valence-electron chi connectivity index (χ3n) is 9.30. The van der Waals surface area contributed by atoms with Crippen LogP contribution >= 0.6 is 23.2 Å². The molecule has 0 aromatic heterocycles. The number of carbonyl (C=O) groups is 7. The fourth-order valence-electron chi connectivity index (χ4n) is 6.48. The first-order valence-electron chi connectivity index (χ1n) is 18.9. The highest BCUT2D eigenvalue weighted by molar-refractivity contribution is 6.42. The molecule has 1 fully saturated rings. The van der Waals surface area contributed by atoms with Gasteiger partial charge in [0.15, 0.2) is 5.96 Å². The number of halogens is 2. The van der Waals surface area contributed by atoms with Gasteiger partial charge in [-0.25, -0.2) is 0 Å². The average molecular weight is 826 g/mol.